The first kappa shape index (κ1) is 11.5. The predicted octanol–water partition coefficient (Wildman–Crippen LogP) is -4.04. The lowest BCUT2D eigenvalue weighted by Gasteiger charge is -2.00. The third-order valence-corrected chi connectivity index (χ3v) is 2.19. The SMILES string of the molecule is Cn1cc(NC2=N[NH+]3C=CN=CC3=N2)cn1.[Cl-]. The van der Waals surface area contributed by atoms with Crippen molar-refractivity contribution in [2.75, 3.05) is 5.32 Å². The molecule has 0 fully saturated rings. The molecule has 1 aromatic rings. The Kier molecular flexibility index (Phi) is 3.03. The number of nitrogens with one attached hydrogen (secondary N) is 2. The minimum atomic E-state index is 0. The van der Waals surface area contributed by atoms with Gasteiger partial charge in [0, 0.05) is 13.2 Å². The third kappa shape index (κ3) is 2.24. The van der Waals surface area contributed by atoms with Crippen LogP contribution in [0.25, 0.3) is 0 Å². The molecule has 17 heavy (non-hydrogen) atoms. The minimum absolute atomic E-state index is 0. The highest BCUT2D eigenvalue weighted by Gasteiger charge is 2.24. The number of anilines is 1. The van der Waals surface area contributed by atoms with Crippen molar-refractivity contribution < 1.29 is 17.4 Å². The number of fused-ring (bicyclic) bond motifs is 1. The van der Waals surface area contributed by atoms with E-state index in [9.17, 15) is 0 Å². The average molecular weight is 252 g/mol. The minimum Gasteiger partial charge on any atom is -1.00 e. The van der Waals surface area contributed by atoms with Gasteiger partial charge in [0.2, 0.25) is 0 Å². The van der Waals surface area contributed by atoms with E-state index in [0.717, 1.165) is 16.5 Å². The second-order valence-electron chi connectivity index (χ2n) is 3.44. The zero-order chi connectivity index (χ0) is 11.0. The van der Waals surface area contributed by atoms with Crippen molar-refractivity contribution in [2.45, 2.75) is 0 Å². The van der Waals surface area contributed by atoms with Crippen LogP contribution in [0, 0.1) is 0 Å². The zero-order valence-electron chi connectivity index (χ0n) is 9.00. The first-order valence-electron chi connectivity index (χ1n) is 4.81. The molecule has 2 aliphatic heterocycles. The largest absolute Gasteiger partial charge is 1.00 e. The van der Waals surface area contributed by atoms with Gasteiger partial charge in [0.15, 0.2) is 0 Å². The van der Waals surface area contributed by atoms with Crippen LogP contribution < -0.4 is 22.7 Å². The van der Waals surface area contributed by atoms with E-state index in [-0.39, 0.29) is 12.4 Å². The summed E-state index contributed by atoms with van der Waals surface area (Å²) in [6, 6.07) is 0. The van der Waals surface area contributed by atoms with E-state index in [0.29, 0.717) is 5.96 Å². The summed E-state index contributed by atoms with van der Waals surface area (Å²) in [5.74, 6) is 1.35. The molecule has 0 saturated carbocycles. The Balaban J connectivity index is 0.00000108. The zero-order valence-corrected chi connectivity index (χ0v) is 9.76. The van der Waals surface area contributed by atoms with E-state index in [4.69, 9.17) is 0 Å². The summed E-state index contributed by atoms with van der Waals surface area (Å²) >= 11 is 0. The number of aromatic nitrogens is 2. The quantitative estimate of drug-likeness (QED) is 0.534. The van der Waals surface area contributed by atoms with Crippen LogP contribution in [0.15, 0.2) is 39.9 Å². The standard InChI is InChI=1S/C9H9N7.ClH/c1-15-6-7(4-11-15)12-9-13-8-5-10-2-3-16(8)14-9;/h2-6H,1H3,(H,12,14);1H. The van der Waals surface area contributed by atoms with E-state index in [1.54, 1.807) is 23.3 Å². The lowest BCUT2D eigenvalue weighted by molar-refractivity contribution is -0.748. The van der Waals surface area contributed by atoms with Gasteiger partial charge in [0.1, 0.15) is 12.4 Å². The smallest absolute Gasteiger partial charge is 0.287 e. The summed E-state index contributed by atoms with van der Waals surface area (Å²) in [6.45, 7) is 0. The van der Waals surface area contributed by atoms with Gasteiger partial charge in [0.05, 0.1) is 18.1 Å². The molecule has 1 unspecified atom stereocenters. The van der Waals surface area contributed by atoms with Crippen LogP contribution in [0.1, 0.15) is 0 Å². The normalized spacial score (nSPS) is 20.4. The van der Waals surface area contributed by atoms with Gasteiger partial charge in [-0.25, -0.2) is 0 Å². The number of rotatable bonds is 1. The number of guanidine groups is 1. The molecule has 0 saturated heterocycles. The molecule has 88 valence electrons. The topological polar surface area (TPSA) is 71.4 Å². The Labute approximate surface area is 104 Å². The summed E-state index contributed by atoms with van der Waals surface area (Å²) in [5, 5.41) is 12.3. The summed E-state index contributed by atoms with van der Waals surface area (Å²) in [4.78, 5) is 8.29. The van der Waals surface area contributed by atoms with Crippen LogP contribution in [0.2, 0.25) is 0 Å². The molecule has 0 bridgehead atoms. The number of aryl methyl sites for hydroxylation is 1. The molecule has 7 nitrogen and oxygen atoms in total. The van der Waals surface area contributed by atoms with E-state index in [1.165, 1.54) is 0 Å². The van der Waals surface area contributed by atoms with Crippen molar-refractivity contribution in [3.05, 3.63) is 24.8 Å². The summed E-state index contributed by atoms with van der Waals surface area (Å²) < 4.78 is 1.71. The van der Waals surface area contributed by atoms with Crippen molar-refractivity contribution in [2.24, 2.45) is 22.1 Å². The Morgan fingerprint density at radius 2 is 2.29 bits per heavy atom. The van der Waals surface area contributed by atoms with Crippen LogP contribution >= 0.6 is 0 Å². The van der Waals surface area contributed by atoms with E-state index < -0.39 is 0 Å². The van der Waals surface area contributed by atoms with Crippen LogP contribution in [-0.2, 0) is 7.05 Å². The highest BCUT2D eigenvalue weighted by molar-refractivity contribution is 6.29. The number of nitrogens with zero attached hydrogens (tertiary/aromatic N) is 5. The van der Waals surface area contributed by atoms with Crippen LogP contribution in [0.5, 0.6) is 0 Å². The van der Waals surface area contributed by atoms with Crippen LogP contribution in [0.4, 0.5) is 5.69 Å². The highest BCUT2D eigenvalue weighted by Crippen LogP contribution is 2.04. The highest BCUT2D eigenvalue weighted by atomic mass is 35.5. The summed E-state index contributed by atoms with van der Waals surface area (Å²) in [7, 11) is 1.86. The maximum Gasteiger partial charge on any atom is 0.287 e. The van der Waals surface area contributed by atoms with Gasteiger partial charge in [-0.05, 0) is 5.10 Å². The molecule has 0 aromatic carbocycles. The van der Waals surface area contributed by atoms with Crippen molar-refractivity contribution in [1.82, 2.24) is 9.78 Å². The number of quaternary nitrogens is 1. The molecular formula is C9H10ClN7. The van der Waals surface area contributed by atoms with E-state index in [1.807, 2.05) is 19.4 Å². The summed E-state index contributed by atoms with van der Waals surface area (Å²) in [6.07, 6.45) is 8.80. The molecule has 0 aliphatic carbocycles. The number of hydrogen-bond acceptors (Lipinski definition) is 5. The molecule has 2 aliphatic rings. The Morgan fingerprint density at radius 3 is 3.00 bits per heavy atom. The molecular weight excluding hydrogens is 242 g/mol. The number of aliphatic imine (C=N–C) groups is 2. The average Bonchev–Trinajstić information content (AvgIpc) is 2.84. The van der Waals surface area contributed by atoms with E-state index in [2.05, 4.69) is 25.5 Å². The molecule has 3 rings (SSSR count). The molecule has 1 atom stereocenters. The van der Waals surface area contributed by atoms with E-state index >= 15 is 0 Å². The fourth-order valence-electron chi connectivity index (χ4n) is 1.48. The van der Waals surface area contributed by atoms with Crippen molar-refractivity contribution in [1.29, 1.82) is 0 Å². The molecule has 0 radical (unpaired) electrons. The van der Waals surface area contributed by atoms with Crippen LogP contribution in [0.3, 0.4) is 0 Å². The molecule has 0 amide bonds. The van der Waals surface area contributed by atoms with Gasteiger partial charge in [-0.15, -0.1) is 5.01 Å². The van der Waals surface area contributed by atoms with Gasteiger partial charge < -0.3 is 17.7 Å². The van der Waals surface area contributed by atoms with Crippen molar-refractivity contribution in [3.8, 4) is 0 Å². The maximum absolute atomic E-state index is 4.32. The Bertz CT molecular complexity index is 539. The van der Waals surface area contributed by atoms with Gasteiger partial charge in [-0.2, -0.15) is 10.1 Å². The van der Waals surface area contributed by atoms with Gasteiger partial charge in [-0.1, -0.05) is 0 Å². The van der Waals surface area contributed by atoms with Gasteiger partial charge >= 0.3 is 0 Å². The predicted molar refractivity (Wildman–Crippen MR) is 60.3 cm³/mol. The first-order chi connectivity index (χ1) is 7.81. The van der Waals surface area contributed by atoms with Crippen molar-refractivity contribution >= 4 is 23.7 Å². The molecule has 3 heterocycles. The molecule has 0 spiro atoms. The Morgan fingerprint density at radius 1 is 1.41 bits per heavy atom. The number of amidine groups is 1. The van der Waals surface area contributed by atoms with Crippen LogP contribution in [-0.4, -0.2) is 27.8 Å². The fourth-order valence-corrected chi connectivity index (χ4v) is 1.48. The number of halogens is 1. The third-order valence-electron chi connectivity index (χ3n) is 2.19. The Hall–Kier alpha value is -1.99. The second kappa shape index (κ2) is 4.48. The van der Waals surface area contributed by atoms with Gasteiger partial charge in [-0.3, -0.25) is 9.67 Å². The lowest BCUT2D eigenvalue weighted by Crippen LogP contribution is -3.05. The monoisotopic (exact) mass is 251 g/mol. The molecule has 1 aromatic heterocycles. The lowest BCUT2D eigenvalue weighted by atomic mass is 10.5. The molecule has 2 N–H and O–H groups in total. The fraction of sp³-hybridized carbons (Fsp3) is 0.111. The van der Waals surface area contributed by atoms with Crippen molar-refractivity contribution in [3.63, 3.8) is 0 Å². The van der Waals surface area contributed by atoms with Gasteiger partial charge in [0.25, 0.3) is 11.8 Å². The summed E-state index contributed by atoms with van der Waals surface area (Å²) in [5.41, 5.74) is 0.866. The second-order valence-corrected chi connectivity index (χ2v) is 3.44. The first-order valence-corrected chi connectivity index (χ1v) is 4.81. The number of hydrogen-bond donors (Lipinski definition) is 2. The molecule has 8 heteroatoms. The maximum atomic E-state index is 4.32.